The predicted octanol–water partition coefficient (Wildman–Crippen LogP) is 4.35. The number of azo groups is 1. The van der Waals surface area contributed by atoms with Gasteiger partial charge in [-0.1, -0.05) is 35.1 Å². The maximum atomic E-state index is 8.97. The van der Waals surface area contributed by atoms with Crippen LogP contribution in [0.25, 0.3) is 0 Å². The second-order valence-corrected chi connectivity index (χ2v) is 2.09. The Bertz CT molecular complexity index is 324. The van der Waals surface area contributed by atoms with Crippen LogP contribution in [0.3, 0.4) is 0 Å². The fraction of sp³-hybridized carbons (Fsp3) is 0.417. The molecular formula is C12H24N4O. The molecular weight excluding hydrogens is 216 g/mol. The number of nitrogens with one attached hydrogen (secondary N) is 1. The summed E-state index contributed by atoms with van der Waals surface area (Å²) in [4.78, 5) is 0. The van der Waals surface area contributed by atoms with Gasteiger partial charge in [-0.25, -0.2) is 0 Å². The molecule has 1 aromatic carbocycles. The van der Waals surface area contributed by atoms with Gasteiger partial charge in [0, 0.05) is 6.07 Å². The summed E-state index contributed by atoms with van der Waals surface area (Å²) in [5.74, 6) is 0.0845. The van der Waals surface area contributed by atoms with E-state index in [0.717, 1.165) is 6.34 Å². The average Bonchev–Trinajstić information content (AvgIpc) is 2.33. The molecule has 0 saturated heterocycles. The third kappa shape index (κ3) is 9.04. The third-order valence-corrected chi connectivity index (χ3v) is 1.23. The fourth-order valence-electron chi connectivity index (χ4n) is 0.724. The topological polar surface area (TPSA) is 94.8 Å². The van der Waals surface area contributed by atoms with Crippen LogP contribution in [0.1, 0.15) is 35.1 Å². The minimum atomic E-state index is 0. The highest BCUT2D eigenvalue weighted by molar-refractivity contribution is 5.65. The van der Waals surface area contributed by atoms with E-state index in [4.69, 9.17) is 16.2 Å². The van der Waals surface area contributed by atoms with Gasteiger partial charge < -0.3 is 10.8 Å². The first-order valence-corrected chi connectivity index (χ1v) is 5.22. The summed E-state index contributed by atoms with van der Waals surface area (Å²) < 4.78 is 0. The number of nitrogens with two attached hydrogens (primary N) is 1. The average molecular weight is 240 g/mol. The van der Waals surface area contributed by atoms with Crippen LogP contribution in [0.2, 0.25) is 0 Å². The van der Waals surface area contributed by atoms with E-state index in [1.54, 1.807) is 0 Å². The van der Waals surface area contributed by atoms with Crippen LogP contribution in [-0.2, 0) is 0 Å². The van der Waals surface area contributed by atoms with Crippen molar-refractivity contribution in [1.82, 2.24) is 0 Å². The van der Waals surface area contributed by atoms with Crippen molar-refractivity contribution in [2.45, 2.75) is 35.1 Å². The summed E-state index contributed by atoms with van der Waals surface area (Å²) >= 11 is 0. The van der Waals surface area contributed by atoms with Gasteiger partial charge >= 0.3 is 0 Å². The van der Waals surface area contributed by atoms with Gasteiger partial charge in [0.2, 0.25) is 0 Å². The summed E-state index contributed by atoms with van der Waals surface area (Å²) in [6.45, 7) is 8.00. The van der Waals surface area contributed by atoms with Gasteiger partial charge in [0.15, 0.2) is 0 Å². The Balaban J connectivity index is -0.000000355. The lowest BCUT2D eigenvalue weighted by Crippen LogP contribution is -1.83. The number of nitrogen functional groups attached to an aromatic ring is 1. The van der Waals surface area contributed by atoms with E-state index in [2.05, 4.69) is 10.2 Å². The Labute approximate surface area is 104 Å². The van der Waals surface area contributed by atoms with E-state index >= 15 is 0 Å². The third-order valence-electron chi connectivity index (χ3n) is 1.23. The molecule has 4 N–H and O–H groups in total. The summed E-state index contributed by atoms with van der Waals surface area (Å²) in [5, 5.41) is 22.5. The zero-order valence-corrected chi connectivity index (χ0v) is 10.2. The van der Waals surface area contributed by atoms with Crippen LogP contribution in [0.4, 0.5) is 11.4 Å². The van der Waals surface area contributed by atoms with Crippen molar-refractivity contribution in [2.24, 2.45) is 10.2 Å². The van der Waals surface area contributed by atoms with Crippen molar-refractivity contribution in [1.29, 1.82) is 5.41 Å². The Morgan fingerprint density at radius 1 is 1.24 bits per heavy atom. The molecule has 1 aromatic rings. The lowest BCUT2D eigenvalue weighted by Gasteiger charge is -1.97. The number of rotatable bonds is 2. The van der Waals surface area contributed by atoms with Gasteiger partial charge in [-0.2, -0.15) is 0 Å². The van der Waals surface area contributed by atoms with Gasteiger partial charge in [-0.05, 0) is 12.1 Å². The Hall–Kier alpha value is -1.91. The van der Waals surface area contributed by atoms with Crippen molar-refractivity contribution in [3.8, 4) is 5.75 Å². The Morgan fingerprint density at radius 2 is 1.76 bits per heavy atom. The van der Waals surface area contributed by atoms with Crippen LogP contribution < -0.4 is 5.73 Å². The molecule has 0 saturated carbocycles. The van der Waals surface area contributed by atoms with E-state index in [-0.39, 0.29) is 13.2 Å². The molecule has 0 radical (unpaired) electrons. The second-order valence-electron chi connectivity index (χ2n) is 2.09. The minimum absolute atomic E-state index is 0. The van der Waals surface area contributed by atoms with Crippen molar-refractivity contribution < 1.29 is 5.11 Å². The van der Waals surface area contributed by atoms with Crippen LogP contribution in [-0.4, -0.2) is 11.4 Å². The summed E-state index contributed by atoms with van der Waals surface area (Å²) in [6, 6.07) is 4.35. The Kier molecular flexibility index (Phi) is 17.0. The van der Waals surface area contributed by atoms with Gasteiger partial charge in [-0.3, -0.25) is 5.41 Å². The normalized spacial score (nSPS) is 8.00. The molecule has 5 nitrogen and oxygen atoms in total. The molecule has 98 valence electrons. The highest BCUT2D eigenvalue weighted by Crippen LogP contribution is 2.25. The molecule has 0 aliphatic rings. The smallest absolute Gasteiger partial charge is 0.129 e. The van der Waals surface area contributed by atoms with Crippen molar-refractivity contribution in [3.63, 3.8) is 0 Å². The van der Waals surface area contributed by atoms with Crippen LogP contribution in [0, 0.1) is 5.41 Å². The molecule has 0 bridgehead atoms. The maximum absolute atomic E-state index is 8.97. The first kappa shape index (κ1) is 20.5. The number of benzene rings is 1. The van der Waals surface area contributed by atoms with E-state index in [1.165, 1.54) is 18.2 Å². The number of phenolic OH excluding ortho intramolecular Hbond substituents is 1. The molecule has 0 aliphatic carbocycles. The molecule has 0 spiro atoms. The molecule has 0 unspecified atom stereocenters. The first-order chi connectivity index (χ1) is 7.74. The maximum Gasteiger partial charge on any atom is 0.129 e. The van der Waals surface area contributed by atoms with E-state index in [1.807, 2.05) is 27.7 Å². The number of aromatic hydroxyl groups is 1. The summed E-state index contributed by atoms with van der Waals surface area (Å²) in [7, 11) is 0. The fourth-order valence-corrected chi connectivity index (χ4v) is 0.724. The minimum Gasteiger partial charge on any atom is -0.508 e. The predicted molar refractivity (Wildman–Crippen MR) is 75.2 cm³/mol. The largest absolute Gasteiger partial charge is 0.508 e. The van der Waals surface area contributed by atoms with Gasteiger partial charge in [-0.15, -0.1) is 10.2 Å². The SMILES string of the molecule is C.CC.CC.N=CN=Nc1ccc(O)cc1N. The van der Waals surface area contributed by atoms with Crippen molar-refractivity contribution in [3.05, 3.63) is 18.2 Å². The molecule has 0 atom stereocenters. The zero-order chi connectivity index (χ0) is 13.0. The molecule has 0 aliphatic heterocycles. The van der Waals surface area contributed by atoms with Gasteiger partial charge in [0.05, 0.1) is 5.69 Å². The molecule has 1 rings (SSSR count). The van der Waals surface area contributed by atoms with Crippen molar-refractivity contribution >= 4 is 17.7 Å². The van der Waals surface area contributed by atoms with Crippen molar-refractivity contribution in [2.75, 3.05) is 5.73 Å². The quantitative estimate of drug-likeness (QED) is 0.310. The second kappa shape index (κ2) is 14.1. The van der Waals surface area contributed by atoms with Crippen LogP contribution in [0.15, 0.2) is 28.4 Å². The van der Waals surface area contributed by atoms with Gasteiger partial charge in [0.1, 0.15) is 17.8 Å². The molecule has 17 heavy (non-hydrogen) atoms. The monoisotopic (exact) mass is 240 g/mol. The van der Waals surface area contributed by atoms with E-state index < -0.39 is 0 Å². The Morgan fingerprint density at radius 3 is 2.18 bits per heavy atom. The number of hydrogen-bond acceptors (Lipinski definition) is 4. The van der Waals surface area contributed by atoms with Crippen LogP contribution in [0.5, 0.6) is 5.75 Å². The number of anilines is 1. The lowest BCUT2D eigenvalue weighted by molar-refractivity contribution is 0.475. The lowest BCUT2D eigenvalue weighted by atomic mass is 10.2. The van der Waals surface area contributed by atoms with Gasteiger partial charge in [0.25, 0.3) is 0 Å². The molecule has 0 amide bonds. The molecule has 0 heterocycles. The number of phenols is 1. The molecule has 0 aromatic heterocycles. The summed E-state index contributed by atoms with van der Waals surface area (Å²) in [6.07, 6.45) is 0.812. The highest BCUT2D eigenvalue weighted by atomic mass is 16.3. The number of hydrogen-bond donors (Lipinski definition) is 3. The number of nitrogens with zero attached hydrogens (tertiary/aromatic N) is 2. The van der Waals surface area contributed by atoms with E-state index in [9.17, 15) is 0 Å². The zero-order valence-electron chi connectivity index (χ0n) is 10.2. The van der Waals surface area contributed by atoms with Crippen LogP contribution >= 0.6 is 0 Å². The van der Waals surface area contributed by atoms with E-state index in [0.29, 0.717) is 11.4 Å². The highest BCUT2D eigenvalue weighted by Gasteiger charge is 1.97. The summed E-state index contributed by atoms with van der Waals surface area (Å²) in [5.41, 5.74) is 6.25. The standard InChI is InChI=1S/C7H8N4O.2C2H6.CH4/c8-4-10-11-7-2-1-5(12)3-6(7)9;2*1-2;/h1-4,8,12H,9H2;2*1-2H3;1H4. The molecule has 5 heteroatoms. The molecule has 0 fully saturated rings. The first-order valence-electron chi connectivity index (χ1n) is 5.22.